The van der Waals surface area contributed by atoms with Gasteiger partial charge in [0.25, 0.3) is 0 Å². The van der Waals surface area contributed by atoms with Crippen LogP contribution >= 0.6 is 24.0 Å². The molecule has 0 radical (unpaired) electrons. The number of likely N-dealkylation sites (N-methyl/N-ethyl adjacent to an activating group) is 1. The Labute approximate surface area is 168 Å². The second kappa shape index (κ2) is 10.6. The number of nitrogens with zero attached hydrogens (tertiary/aromatic N) is 3. The van der Waals surface area contributed by atoms with Crippen molar-refractivity contribution in [2.75, 3.05) is 26.7 Å². The third-order valence-electron chi connectivity index (χ3n) is 3.40. The number of hydrogen-bond donors (Lipinski definition) is 2. The van der Waals surface area contributed by atoms with Gasteiger partial charge in [0, 0.05) is 31.2 Å². The van der Waals surface area contributed by atoms with Gasteiger partial charge in [-0.15, -0.1) is 24.0 Å². The van der Waals surface area contributed by atoms with Crippen molar-refractivity contribution in [2.45, 2.75) is 53.5 Å². The van der Waals surface area contributed by atoms with Crippen LogP contribution in [0.1, 0.15) is 44.7 Å². The Balaban J connectivity index is 0.00000576. The molecule has 0 spiro atoms. The Morgan fingerprint density at radius 1 is 1.32 bits per heavy atom. The van der Waals surface area contributed by atoms with Crippen molar-refractivity contribution in [3.8, 4) is 0 Å². The number of rotatable bonds is 6. The molecule has 0 atom stereocenters. The average molecular weight is 465 g/mol. The summed E-state index contributed by atoms with van der Waals surface area (Å²) in [7, 11) is 1.86. The maximum Gasteiger partial charge on any atom is 0.240 e. The van der Waals surface area contributed by atoms with Crippen LogP contribution in [0.15, 0.2) is 9.52 Å². The molecule has 1 rings (SSSR count). The van der Waals surface area contributed by atoms with Gasteiger partial charge >= 0.3 is 0 Å². The Morgan fingerprint density at radius 2 is 1.96 bits per heavy atom. The molecule has 0 aromatic carbocycles. The van der Waals surface area contributed by atoms with Crippen LogP contribution < -0.4 is 10.6 Å². The van der Waals surface area contributed by atoms with E-state index in [0.29, 0.717) is 12.5 Å². The molecule has 0 aliphatic carbocycles. The normalized spacial score (nSPS) is 11.7. The van der Waals surface area contributed by atoms with Crippen LogP contribution in [0.2, 0.25) is 0 Å². The summed E-state index contributed by atoms with van der Waals surface area (Å²) >= 11 is 0. The average Bonchev–Trinajstić information content (AvgIpc) is 2.75. The van der Waals surface area contributed by atoms with Crippen molar-refractivity contribution < 1.29 is 9.32 Å². The molecule has 8 heteroatoms. The minimum absolute atomic E-state index is 0. The number of guanidine groups is 1. The molecule has 0 fully saturated rings. The van der Waals surface area contributed by atoms with E-state index in [0.717, 1.165) is 30.0 Å². The van der Waals surface area contributed by atoms with Crippen molar-refractivity contribution in [2.24, 2.45) is 4.99 Å². The van der Waals surface area contributed by atoms with E-state index in [1.807, 2.05) is 53.5 Å². The summed E-state index contributed by atoms with van der Waals surface area (Å²) in [6, 6.07) is 0. The van der Waals surface area contributed by atoms with E-state index in [4.69, 9.17) is 4.52 Å². The molecule has 0 saturated heterocycles. The maximum absolute atomic E-state index is 12.1. The summed E-state index contributed by atoms with van der Waals surface area (Å²) in [5.41, 5.74) is 1.77. The van der Waals surface area contributed by atoms with Crippen molar-refractivity contribution in [3.63, 3.8) is 0 Å². The molecular formula is C17H32IN5O2. The number of halogens is 1. The number of hydrogen-bond acceptors (Lipinski definition) is 4. The molecule has 1 amide bonds. The first-order valence-electron chi connectivity index (χ1n) is 8.36. The lowest BCUT2D eigenvalue weighted by Crippen LogP contribution is -2.48. The van der Waals surface area contributed by atoms with Crippen LogP contribution in [-0.4, -0.2) is 54.1 Å². The van der Waals surface area contributed by atoms with Gasteiger partial charge in [-0.3, -0.25) is 9.79 Å². The third-order valence-corrected chi connectivity index (χ3v) is 3.40. The SMILES string of the molecule is CCNC(=NCCc1c(C)noc1C)N(C)CC(=O)NC(C)(C)C.I. The van der Waals surface area contributed by atoms with Crippen LogP contribution in [-0.2, 0) is 11.2 Å². The van der Waals surface area contributed by atoms with Gasteiger partial charge in [-0.25, -0.2) is 0 Å². The number of aryl methyl sites for hydroxylation is 2. The highest BCUT2D eigenvalue weighted by molar-refractivity contribution is 14.0. The summed E-state index contributed by atoms with van der Waals surface area (Å²) in [6.07, 6.45) is 0.762. The monoisotopic (exact) mass is 465 g/mol. The highest BCUT2D eigenvalue weighted by Crippen LogP contribution is 2.12. The first-order chi connectivity index (χ1) is 11.1. The Morgan fingerprint density at radius 3 is 2.44 bits per heavy atom. The first-order valence-corrected chi connectivity index (χ1v) is 8.36. The van der Waals surface area contributed by atoms with Gasteiger partial charge in [0.1, 0.15) is 5.76 Å². The van der Waals surface area contributed by atoms with Gasteiger partial charge in [-0.2, -0.15) is 0 Å². The van der Waals surface area contributed by atoms with E-state index in [1.54, 1.807) is 0 Å². The van der Waals surface area contributed by atoms with Crippen LogP contribution in [0.4, 0.5) is 0 Å². The van der Waals surface area contributed by atoms with Crippen molar-refractivity contribution in [1.82, 2.24) is 20.7 Å². The van der Waals surface area contributed by atoms with Crippen LogP contribution in [0, 0.1) is 13.8 Å². The van der Waals surface area contributed by atoms with E-state index in [2.05, 4.69) is 20.8 Å². The molecule has 0 aliphatic rings. The Kier molecular flexibility index (Phi) is 10.1. The lowest BCUT2D eigenvalue weighted by Gasteiger charge is -2.25. The topological polar surface area (TPSA) is 82.8 Å². The second-order valence-corrected chi connectivity index (χ2v) is 6.94. The molecule has 0 aliphatic heterocycles. The van der Waals surface area contributed by atoms with Crippen molar-refractivity contribution in [3.05, 3.63) is 17.0 Å². The summed E-state index contributed by atoms with van der Waals surface area (Å²) in [4.78, 5) is 18.5. The minimum Gasteiger partial charge on any atom is -0.361 e. The van der Waals surface area contributed by atoms with Gasteiger partial charge in [-0.1, -0.05) is 5.16 Å². The fourth-order valence-electron chi connectivity index (χ4n) is 2.35. The fourth-order valence-corrected chi connectivity index (χ4v) is 2.35. The zero-order valence-corrected chi connectivity index (χ0v) is 18.7. The summed E-state index contributed by atoms with van der Waals surface area (Å²) in [5, 5.41) is 10.1. The van der Waals surface area contributed by atoms with Crippen molar-refractivity contribution >= 4 is 35.8 Å². The molecular weight excluding hydrogens is 433 g/mol. The Hall–Kier alpha value is -1.32. The fraction of sp³-hybridized carbons (Fsp3) is 0.706. The van der Waals surface area contributed by atoms with E-state index >= 15 is 0 Å². The maximum atomic E-state index is 12.1. The van der Waals surface area contributed by atoms with Crippen LogP contribution in [0.25, 0.3) is 0 Å². The smallest absolute Gasteiger partial charge is 0.240 e. The predicted molar refractivity (Wildman–Crippen MR) is 112 cm³/mol. The first kappa shape index (κ1) is 23.7. The third kappa shape index (κ3) is 8.55. The number of carbonyl (C=O) groups excluding carboxylic acids is 1. The van der Waals surface area contributed by atoms with Crippen molar-refractivity contribution in [1.29, 1.82) is 0 Å². The van der Waals surface area contributed by atoms with E-state index in [1.165, 1.54) is 0 Å². The largest absolute Gasteiger partial charge is 0.361 e. The molecule has 0 unspecified atom stereocenters. The molecule has 0 bridgehead atoms. The van der Waals surface area contributed by atoms with Gasteiger partial charge in [0.15, 0.2) is 5.96 Å². The standard InChI is InChI=1S/C17H31N5O2.HI/c1-8-18-16(22(7)11-15(23)20-17(4,5)6)19-10-9-14-12(2)21-24-13(14)3;/h8-11H2,1-7H3,(H,18,19)(H,20,23);1H. The highest BCUT2D eigenvalue weighted by atomic mass is 127. The number of nitrogens with one attached hydrogen (secondary N) is 2. The van der Waals surface area contributed by atoms with Gasteiger partial charge < -0.3 is 20.1 Å². The molecule has 1 heterocycles. The molecule has 2 N–H and O–H groups in total. The zero-order chi connectivity index (χ0) is 18.3. The molecule has 0 saturated carbocycles. The van der Waals surface area contributed by atoms with Gasteiger partial charge in [0.2, 0.25) is 5.91 Å². The van der Waals surface area contributed by atoms with E-state index < -0.39 is 0 Å². The number of aliphatic imine (C=N–C) groups is 1. The van der Waals surface area contributed by atoms with E-state index in [9.17, 15) is 4.79 Å². The summed E-state index contributed by atoms with van der Waals surface area (Å²) in [5.74, 6) is 1.53. The second-order valence-electron chi connectivity index (χ2n) is 6.94. The van der Waals surface area contributed by atoms with Gasteiger partial charge in [0.05, 0.1) is 12.2 Å². The minimum atomic E-state index is -0.239. The number of aromatic nitrogens is 1. The molecule has 144 valence electrons. The Bertz CT molecular complexity index is 559. The van der Waals surface area contributed by atoms with E-state index in [-0.39, 0.29) is 42.0 Å². The number of carbonyl (C=O) groups is 1. The molecule has 25 heavy (non-hydrogen) atoms. The lowest BCUT2D eigenvalue weighted by atomic mass is 10.1. The summed E-state index contributed by atoms with van der Waals surface area (Å²) in [6.45, 7) is 13.4. The lowest BCUT2D eigenvalue weighted by molar-refractivity contribution is -0.122. The van der Waals surface area contributed by atoms with Crippen LogP contribution in [0.3, 0.4) is 0 Å². The molecule has 1 aromatic rings. The van der Waals surface area contributed by atoms with Crippen LogP contribution in [0.5, 0.6) is 0 Å². The number of amides is 1. The highest BCUT2D eigenvalue weighted by Gasteiger charge is 2.17. The molecule has 7 nitrogen and oxygen atoms in total. The van der Waals surface area contributed by atoms with Gasteiger partial charge in [-0.05, 0) is 48.0 Å². The quantitative estimate of drug-likeness (QED) is 0.383. The predicted octanol–water partition coefficient (Wildman–Crippen LogP) is 2.26. The molecule has 1 aromatic heterocycles. The zero-order valence-electron chi connectivity index (χ0n) is 16.4. The summed E-state index contributed by atoms with van der Waals surface area (Å²) < 4.78 is 5.17.